The van der Waals surface area contributed by atoms with Crippen molar-refractivity contribution in [1.82, 2.24) is 14.6 Å². The first-order chi connectivity index (χ1) is 10.7. The number of hydrogen-bond donors (Lipinski definition) is 1. The van der Waals surface area contributed by atoms with Crippen LogP contribution in [0, 0.1) is 6.92 Å². The smallest absolute Gasteiger partial charge is 0.165 e. The first-order valence-corrected chi connectivity index (χ1v) is 7.47. The van der Waals surface area contributed by atoms with E-state index in [2.05, 4.69) is 22.3 Å². The maximum atomic E-state index is 5.46. The normalized spacial score (nSPS) is 10.9. The number of nitrogens with zero attached hydrogens (tertiary/aromatic N) is 3. The number of nitrogens with one attached hydrogen (secondary N) is 1. The molecule has 2 aromatic heterocycles. The SMILES string of the molecule is CCCNc1cc(C)nc2c(-c3ccccc3OC)cnn12. The van der Waals surface area contributed by atoms with E-state index in [-0.39, 0.29) is 0 Å². The van der Waals surface area contributed by atoms with Crippen LogP contribution >= 0.6 is 0 Å². The molecule has 5 heteroatoms. The van der Waals surface area contributed by atoms with Gasteiger partial charge in [0.15, 0.2) is 5.65 Å². The highest BCUT2D eigenvalue weighted by Gasteiger charge is 2.14. The number of rotatable bonds is 5. The third-order valence-corrected chi connectivity index (χ3v) is 3.55. The molecule has 1 N–H and O–H groups in total. The second kappa shape index (κ2) is 6.05. The van der Waals surface area contributed by atoms with Crippen molar-refractivity contribution in [2.24, 2.45) is 0 Å². The molecule has 0 saturated carbocycles. The predicted molar refractivity (Wildman–Crippen MR) is 88.5 cm³/mol. The van der Waals surface area contributed by atoms with E-state index < -0.39 is 0 Å². The molecule has 0 atom stereocenters. The van der Waals surface area contributed by atoms with Gasteiger partial charge in [-0.2, -0.15) is 9.61 Å². The summed E-state index contributed by atoms with van der Waals surface area (Å²) in [6.45, 7) is 5.04. The van der Waals surface area contributed by atoms with E-state index in [0.717, 1.165) is 47.0 Å². The van der Waals surface area contributed by atoms with Gasteiger partial charge in [0.1, 0.15) is 11.6 Å². The van der Waals surface area contributed by atoms with Gasteiger partial charge in [-0.15, -0.1) is 0 Å². The molecule has 0 unspecified atom stereocenters. The highest BCUT2D eigenvalue weighted by molar-refractivity contribution is 5.82. The van der Waals surface area contributed by atoms with E-state index in [4.69, 9.17) is 4.74 Å². The number of hydrogen-bond acceptors (Lipinski definition) is 4. The Morgan fingerprint density at radius 3 is 2.82 bits per heavy atom. The summed E-state index contributed by atoms with van der Waals surface area (Å²) in [4.78, 5) is 4.66. The largest absolute Gasteiger partial charge is 0.496 e. The van der Waals surface area contributed by atoms with E-state index >= 15 is 0 Å². The molecular formula is C17H20N4O. The lowest BCUT2D eigenvalue weighted by Crippen LogP contribution is -2.07. The molecule has 0 aliphatic heterocycles. The lowest BCUT2D eigenvalue weighted by atomic mass is 10.1. The topological polar surface area (TPSA) is 51.5 Å². The number of ether oxygens (including phenoxy) is 1. The Hall–Kier alpha value is -2.56. The fraction of sp³-hybridized carbons (Fsp3) is 0.294. The standard InChI is InChI=1S/C17H20N4O/c1-4-9-18-16-10-12(2)20-17-14(11-19-21(16)17)13-7-5-6-8-15(13)22-3/h5-8,10-11,18H,4,9H2,1-3H3. The highest BCUT2D eigenvalue weighted by Crippen LogP contribution is 2.32. The van der Waals surface area contributed by atoms with Gasteiger partial charge in [0.2, 0.25) is 0 Å². The van der Waals surface area contributed by atoms with Crippen molar-refractivity contribution in [2.45, 2.75) is 20.3 Å². The number of para-hydroxylation sites is 1. The maximum absolute atomic E-state index is 5.46. The minimum absolute atomic E-state index is 0.823. The number of fused-ring (bicyclic) bond motifs is 1. The van der Waals surface area contributed by atoms with E-state index in [1.807, 2.05) is 48.0 Å². The van der Waals surface area contributed by atoms with Crippen molar-refractivity contribution in [3.8, 4) is 16.9 Å². The summed E-state index contributed by atoms with van der Waals surface area (Å²) in [5.41, 5.74) is 3.77. The second-order valence-corrected chi connectivity index (χ2v) is 5.20. The molecule has 0 amide bonds. The monoisotopic (exact) mass is 296 g/mol. The molecular weight excluding hydrogens is 276 g/mol. The Morgan fingerprint density at radius 1 is 1.23 bits per heavy atom. The van der Waals surface area contributed by atoms with Crippen LogP contribution in [0.2, 0.25) is 0 Å². The molecule has 3 rings (SSSR count). The number of aromatic nitrogens is 3. The molecule has 114 valence electrons. The van der Waals surface area contributed by atoms with Crippen LogP contribution in [0.3, 0.4) is 0 Å². The summed E-state index contributed by atoms with van der Waals surface area (Å²) in [6.07, 6.45) is 2.90. The van der Waals surface area contributed by atoms with Crippen molar-refractivity contribution >= 4 is 11.5 Å². The molecule has 5 nitrogen and oxygen atoms in total. The first kappa shape index (κ1) is 14.4. The second-order valence-electron chi connectivity index (χ2n) is 5.20. The van der Waals surface area contributed by atoms with Crippen molar-refractivity contribution in [3.63, 3.8) is 0 Å². The van der Waals surface area contributed by atoms with Crippen LogP contribution in [-0.4, -0.2) is 28.3 Å². The van der Waals surface area contributed by atoms with E-state index in [9.17, 15) is 0 Å². The van der Waals surface area contributed by atoms with E-state index in [1.54, 1.807) is 7.11 Å². The summed E-state index contributed by atoms with van der Waals surface area (Å²) in [5.74, 6) is 1.79. The van der Waals surface area contributed by atoms with Crippen LogP contribution in [0.25, 0.3) is 16.8 Å². The van der Waals surface area contributed by atoms with Crippen molar-refractivity contribution in [1.29, 1.82) is 0 Å². The zero-order valence-corrected chi connectivity index (χ0v) is 13.1. The molecule has 2 heterocycles. The van der Waals surface area contributed by atoms with Gasteiger partial charge in [-0.05, 0) is 19.4 Å². The van der Waals surface area contributed by atoms with Crippen molar-refractivity contribution in [2.75, 3.05) is 19.0 Å². The van der Waals surface area contributed by atoms with Gasteiger partial charge >= 0.3 is 0 Å². The first-order valence-electron chi connectivity index (χ1n) is 7.47. The Balaban J connectivity index is 2.18. The third kappa shape index (κ3) is 2.50. The molecule has 22 heavy (non-hydrogen) atoms. The van der Waals surface area contributed by atoms with Gasteiger partial charge < -0.3 is 10.1 Å². The summed E-state index contributed by atoms with van der Waals surface area (Å²) in [6, 6.07) is 9.94. The van der Waals surface area contributed by atoms with Gasteiger partial charge in [-0.1, -0.05) is 25.1 Å². The molecule has 1 aromatic carbocycles. The minimum atomic E-state index is 0.823. The Kier molecular flexibility index (Phi) is 3.96. The van der Waals surface area contributed by atoms with Crippen molar-refractivity contribution < 1.29 is 4.74 Å². The minimum Gasteiger partial charge on any atom is -0.496 e. The lowest BCUT2D eigenvalue weighted by molar-refractivity contribution is 0.416. The zero-order chi connectivity index (χ0) is 15.5. The average Bonchev–Trinajstić information content (AvgIpc) is 2.96. The van der Waals surface area contributed by atoms with Crippen molar-refractivity contribution in [3.05, 3.63) is 42.2 Å². The third-order valence-electron chi connectivity index (χ3n) is 3.55. The zero-order valence-electron chi connectivity index (χ0n) is 13.1. The van der Waals surface area contributed by atoms with E-state index in [1.165, 1.54) is 0 Å². The summed E-state index contributed by atoms with van der Waals surface area (Å²) in [7, 11) is 1.68. The van der Waals surface area contributed by atoms with Crippen LogP contribution in [-0.2, 0) is 0 Å². The van der Waals surface area contributed by atoms with E-state index in [0.29, 0.717) is 0 Å². The molecule has 0 saturated heterocycles. The van der Waals surface area contributed by atoms with Crippen LogP contribution in [0.5, 0.6) is 5.75 Å². The number of methoxy groups -OCH3 is 1. The molecule has 0 spiro atoms. The Labute approximate surface area is 130 Å². The fourth-order valence-electron chi connectivity index (χ4n) is 2.52. The Morgan fingerprint density at radius 2 is 2.05 bits per heavy atom. The van der Waals surface area contributed by atoms with Gasteiger partial charge in [-0.25, -0.2) is 4.98 Å². The van der Waals surface area contributed by atoms with Crippen LogP contribution in [0.15, 0.2) is 36.5 Å². The lowest BCUT2D eigenvalue weighted by Gasteiger charge is -2.10. The molecule has 0 aliphatic carbocycles. The quantitative estimate of drug-likeness (QED) is 0.782. The van der Waals surface area contributed by atoms with Gasteiger partial charge in [-0.3, -0.25) is 0 Å². The molecule has 0 fully saturated rings. The van der Waals surface area contributed by atoms with Crippen LogP contribution in [0.4, 0.5) is 5.82 Å². The summed E-state index contributed by atoms with van der Waals surface area (Å²) >= 11 is 0. The molecule has 3 aromatic rings. The Bertz CT molecular complexity index is 794. The molecule has 0 radical (unpaired) electrons. The summed E-state index contributed by atoms with van der Waals surface area (Å²) < 4.78 is 7.31. The number of benzene rings is 1. The van der Waals surface area contributed by atoms with Gasteiger partial charge in [0.05, 0.1) is 18.9 Å². The average molecular weight is 296 g/mol. The van der Waals surface area contributed by atoms with Crippen LogP contribution < -0.4 is 10.1 Å². The van der Waals surface area contributed by atoms with Crippen LogP contribution in [0.1, 0.15) is 19.0 Å². The summed E-state index contributed by atoms with van der Waals surface area (Å²) in [5, 5.41) is 7.90. The number of aryl methyl sites for hydroxylation is 1. The maximum Gasteiger partial charge on any atom is 0.165 e. The molecule has 0 aliphatic rings. The number of anilines is 1. The highest BCUT2D eigenvalue weighted by atomic mass is 16.5. The molecule has 0 bridgehead atoms. The predicted octanol–water partition coefficient (Wildman–Crippen LogP) is 3.54. The van der Waals surface area contributed by atoms with Gasteiger partial charge in [0, 0.05) is 23.9 Å². The van der Waals surface area contributed by atoms with Gasteiger partial charge in [0.25, 0.3) is 0 Å². The fourth-order valence-corrected chi connectivity index (χ4v) is 2.52.